The van der Waals surface area contributed by atoms with Crippen molar-refractivity contribution in [2.24, 2.45) is 0 Å². The maximum Gasteiger partial charge on any atom is 0.281 e. The number of pyridine rings is 1. The molecule has 1 aliphatic rings. The van der Waals surface area contributed by atoms with Crippen LogP contribution in [0, 0.1) is 6.92 Å². The summed E-state index contributed by atoms with van der Waals surface area (Å²) in [6.07, 6.45) is 0.766. The van der Waals surface area contributed by atoms with Crippen LogP contribution in [0.2, 0.25) is 0 Å². The third-order valence-electron chi connectivity index (χ3n) is 4.69. The standard InChI is InChI=1S/C19H26N4O3S/c1-14-10-17(21-16-6-5-7-18(11-16)26-4)12-19(20-14)15-8-9-23(13-15)27(24,25)22(2)3/h5-7,10-12,15H,8-9,13H2,1-4H3,(H,20,21). The zero-order valence-corrected chi connectivity index (χ0v) is 17.0. The zero-order valence-electron chi connectivity index (χ0n) is 16.1. The lowest BCUT2D eigenvalue weighted by Crippen LogP contribution is -2.38. The van der Waals surface area contributed by atoms with Gasteiger partial charge in [0.1, 0.15) is 5.75 Å². The van der Waals surface area contributed by atoms with Crippen LogP contribution in [0.15, 0.2) is 36.4 Å². The Kier molecular flexibility index (Phi) is 5.69. The van der Waals surface area contributed by atoms with Crippen molar-refractivity contribution in [3.8, 4) is 5.75 Å². The molecule has 8 heteroatoms. The van der Waals surface area contributed by atoms with Crippen molar-refractivity contribution in [1.82, 2.24) is 13.6 Å². The van der Waals surface area contributed by atoms with Crippen LogP contribution in [-0.2, 0) is 10.2 Å². The van der Waals surface area contributed by atoms with E-state index in [1.165, 1.54) is 8.61 Å². The Balaban J connectivity index is 1.80. The first kappa shape index (κ1) is 19.6. The summed E-state index contributed by atoms with van der Waals surface area (Å²) in [5.41, 5.74) is 3.66. The fourth-order valence-corrected chi connectivity index (χ4v) is 4.42. The zero-order chi connectivity index (χ0) is 19.6. The molecular weight excluding hydrogens is 364 g/mol. The van der Waals surface area contributed by atoms with E-state index in [4.69, 9.17) is 4.74 Å². The van der Waals surface area contributed by atoms with Gasteiger partial charge in [-0.1, -0.05) is 6.07 Å². The number of hydrogen-bond acceptors (Lipinski definition) is 5. The Bertz CT molecular complexity index is 915. The second kappa shape index (κ2) is 7.84. The van der Waals surface area contributed by atoms with Gasteiger partial charge in [0.15, 0.2) is 0 Å². The lowest BCUT2D eigenvalue weighted by Gasteiger charge is -2.21. The van der Waals surface area contributed by atoms with Crippen LogP contribution in [0.1, 0.15) is 23.7 Å². The van der Waals surface area contributed by atoms with Crippen LogP contribution in [-0.4, -0.2) is 56.3 Å². The van der Waals surface area contributed by atoms with Gasteiger partial charge in [0, 0.05) is 61.9 Å². The number of rotatable bonds is 6. The summed E-state index contributed by atoms with van der Waals surface area (Å²) in [7, 11) is 1.37. The average molecular weight is 391 g/mol. The molecule has 1 aliphatic heterocycles. The summed E-state index contributed by atoms with van der Waals surface area (Å²) >= 11 is 0. The smallest absolute Gasteiger partial charge is 0.281 e. The Morgan fingerprint density at radius 1 is 1.22 bits per heavy atom. The van der Waals surface area contributed by atoms with Gasteiger partial charge in [-0.05, 0) is 37.6 Å². The van der Waals surface area contributed by atoms with Gasteiger partial charge < -0.3 is 10.1 Å². The van der Waals surface area contributed by atoms with Crippen LogP contribution in [0.5, 0.6) is 5.75 Å². The van der Waals surface area contributed by atoms with Crippen LogP contribution in [0.25, 0.3) is 0 Å². The second-order valence-corrected chi connectivity index (χ2v) is 9.06. The molecule has 1 aromatic carbocycles. The second-order valence-electron chi connectivity index (χ2n) is 6.91. The van der Waals surface area contributed by atoms with Crippen molar-refractivity contribution in [1.29, 1.82) is 0 Å². The van der Waals surface area contributed by atoms with Gasteiger partial charge in [-0.2, -0.15) is 17.0 Å². The minimum atomic E-state index is -3.38. The average Bonchev–Trinajstić information content (AvgIpc) is 3.12. The normalized spacial score (nSPS) is 18.0. The third-order valence-corrected chi connectivity index (χ3v) is 6.60. The summed E-state index contributed by atoms with van der Waals surface area (Å²) in [6.45, 7) is 2.92. The molecule has 0 spiro atoms. The Labute approximate surface area is 161 Å². The Morgan fingerprint density at radius 2 is 2.00 bits per heavy atom. The molecule has 1 saturated heterocycles. The summed E-state index contributed by atoms with van der Waals surface area (Å²) in [4.78, 5) is 4.65. The number of nitrogens with one attached hydrogen (secondary N) is 1. The van der Waals surface area contributed by atoms with Crippen LogP contribution in [0.4, 0.5) is 11.4 Å². The maximum atomic E-state index is 12.4. The maximum absolute atomic E-state index is 12.4. The fourth-order valence-electron chi connectivity index (χ4n) is 3.25. The van der Waals surface area contributed by atoms with E-state index in [1.54, 1.807) is 21.2 Å². The highest BCUT2D eigenvalue weighted by Gasteiger charge is 2.34. The van der Waals surface area contributed by atoms with E-state index < -0.39 is 10.2 Å². The highest BCUT2D eigenvalue weighted by Crippen LogP contribution is 2.31. The van der Waals surface area contributed by atoms with Gasteiger partial charge in [0.05, 0.1) is 7.11 Å². The molecule has 7 nitrogen and oxygen atoms in total. The summed E-state index contributed by atoms with van der Waals surface area (Å²) in [5, 5.41) is 3.38. The lowest BCUT2D eigenvalue weighted by atomic mass is 10.0. The number of ether oxygens (including phenoxy) is 1. The Hall–Kier alpha value is -2.16. The van der Waals surface area contributed by atoms with Crippen LogP contribution < -0.4 is 10.1 Å². The number of hydrogen-bond donors (Lipinski definition) is 1. The first-order valence-electron chi connectivity index (χ1n) is 8.87. The number of benzene rings is 1. The Morgan fingerprint density at radius 3 is 2.70 bits per heavy atom. The first-order valence-corrected chi connectivity index (χ1v) is 10.3. The van der Waals surface area contributed by atoms with Crippen molar-refractivity contribution in [2.75, 3.05) is 39.6 Å². The molecular formula is C19H26N4O3S. The summed E-state index contributed by atoms with van der Waals surface area (Å²) < 4.78 is 32.8. The van der Waals surface area contributed by atoms with E-state index in [0.717, 1.165) is 34.9 Å². The molecule has 1 fully saturated rings. The lowest BCUT2D eigenvalue weighted by molar-refractivity contribution is 0.415. The molecule has 2 heterocycles. The molecule has 1 unspecified atom stereocenters. The number of aromatic nitrogens is 1. The molecule has 0 bridgehead atoms. The molecule has 3 rings (SSSR count). The van der Waals surface area contributed by atoms with Crippen molar-refractivity contribution in [2.45, 2.75) is 19.3 Å². The van der Waals surface area contributed by atoms with Crippen LogP contribution in [0.3, 0.4) is 0 Å². The molecule has 0 radical (unpaired) electrons. The largest absolute Gasteiger partial charge is 0.497 e. The fraction of sp³-hybridized carbons (Fsp3) is 0.421. The molecule has 1 aromatic heterocycles. The van der Waals surface area contributed by atoms with Gasteiger partial charge in [0.25, 0.3) is 10.2 Å². The van der Waals surface area contributed by atoms with E-state index in [9.17, 15) is 8.42 Å². The molecule has 1 atom stereocenters. The minimum absolute atomic E-state index is 0.0884. The topological polar surface area (TPSA) is 74.8 Å². The first-order chi connectivity index (χ1) is 12.8. The molecule has 1 N–H and O–H groups in total. The van der Waals surface area contributed by atoms with Crippen molar-refractivity contribution in [3.63, 3.8) is 0 Å². The third kappa shape index (κ3) is 4.40. The molecule has 2 aromatic rings. The van der Waals surface area contributed by atoms with Crippen molar-refractivity contribution >= 4 is 21.6 Å². The van der Waals surface area contributed by atoms with E-state index in [-0.39, 0.29) is 5.92 Å². The number of aryl methyl sites for hydroxylation is 1. The molecule has 0 aliphatic carbocycles. The van der Waals surface area contributed by atoms with E-state index in [0.29, 0.717) is 13.1 Å². The van der Waals surface area contributed by atoms with Gasteiger partial charge in [-0.15, -0.1) is 0 Å². The summed E-state index contributed by atoms with van der Waals surface area (Å²) in [6, 6.07) is 11.7. The quantitative estimate of drug-likeness (QED) is 0.821. The predicted molar refractivity (Wildman–Crippen MR) is 107 cm³/mol. The van der Waals surface area contributed by atoms with Gasteiger partial charge in [-0.25, -0.2) is 0 Å². The highest BCUT2D eigenvalue weighted by atomic mass is 32.2. The number of anilines is 2. The number of methoxy groups -OCH3 is 1. The van der Waals surface area contributed by atoms with Gasteiger partial charge in [0.2, 0.25) is 0 Å². The van der Waals surface area contributed by atoms with E-state index in [2.05, 4.69) is 10.3 Å². The predicted octanol–water partition coefficient (Wildman–Crippen LogP) is 2.74. The summed E-state index contributed by atoms with van der Waals surface area (Å²) in [5.74, 6) is 0.872. The minimum Gasteiger partial charge on any atom is -0.497 e. The molecule has 27 heavy (non-hydrogen) atoms. The highest BCUT2D eigenvalue weighted by molar-refractivity contribution is 7.86. The molecule has 0 amide bonds. The van der Waals surface area contributed by atoms with Crippen LogP contribution >= 0.6 is 0 Å². The van der Waals surface area contributed by atoms with Crippen molar-refractivity contribution in [3.05, 3.63) is 47.8 Å². The number of nitrogens with zero attached hydrogens (tertiary/aromatic N) is 3. The molecule has 146 valence electrons. The van der Waals surface area contributed by atoms with Gasteiger partial charge in [-0.3, -0.25) is 4.98 Å². The van der Waals surface area contributed by atoms with Gasteiger partial charge >= 0.3 is 0 Å². The SMILES string of the molecule is COc1cccc(Nc2cc(C)nc(C3CCN(S(=O)(=O)N(C)C)C3)c2)c1. The molecule has 0 saturated carbocycles. The monoisotopic (exact) mass is 390 g/mol. The van der Waals surface area contributed by atoms with Crippen molar-refractivity contribution < 1.29 is 13.2 Å². The van der Waals surface area contributed by atoms with E-state index in [1.807, 2.05) is 43.3 Å². The van der Waals surface area contributed by atoms with E-state index >= 15 is 0 Å².